The molecule has 9 nitrogen and oxygen atoms in total. The van der Waals surface area contributed by atoms with E-state index in [0.717, 1.165) is 57.3 Å². The molecule has 1 fully saturated rings. The van der Waals surface area contributed by atoms with Crippen molar-refractivity contribution in [2.75, 3.05) is 30.0 Å². The number of benzene rings is 2. The van der Waals surface area contributed by atoms with Crippen molar-refractivity contribution in [1.29, 1.82) is 10.8 Å². The van der Waals surface area contributed by atoms with Gasteiger partial charge in [-0.1, -0.05) is 20.8 Å². The zero-order valence-electron chi connectivity index (χ0n) is 26.5. The molecule has 2 aromatic rings. The average Bonchev–Trinajstić information content (AvgIpc) is 3.53. The number of aromatic carboxylic acids is 1. The minimum absolute atomic E-state index is 0.0306. The van der Waals surface area contributed by atoms with E-state index < -0.39 is 11.4 Å². The fraction of sp³-hybridized carbons (Fsp3) is 0.500. The molecule has 5 rings (SSSR count). The molecule has 44 heavy (non-hydrogen) atoms. The van der Waals surface area contributed by atoms with Crippen molar-refractivity contribution in [3.05, 3.63) is 51.6 Å². The van der Waals surface area contributed by atoms with Crippen LogP contribution in [0.15, 0.2) is 28.2 Å². The Morgan fingerprint density at radius 3 is 1.86 bits per heavy atom. The molecular formula is C34H47N7O2S. The van der Waals surface area contributed by atoms with Gasteiger partial charge in [0.15, 0.2) is 11.7 Å². The molecule has 0 spiro atoms. The van der Waals surface area contributed by atoms with Crippen LogP contribution in [0.4, 0.5) is 17.1 Å². The first-order valence-corrected chi connectivity index (χ1v) is 16.5. The summed E-state index contributed by atoms with van der Waals surface area (Å²) >= 11 is 3.53. The lowest BCUT2D eigenvalue weighted by molar-refractivity contribution is 0.0697. The molecule has 236 valence electrons. The van der Waals surface area contributed by atoms with Crippen molar-refractivity contribution in [2.45, 2.75) is 85.0 Å². The number of thiol groups is 1. The fourth-order valence-corrected chi connectivity index (χ4v) is 6.54. The van der Waals surface area contributed by atoms with Crippen LogP contribution < -0.4 is 16.4 Å². The zero-order chi connectivity index (χ0) is 32.2. The van der Waals surface area contributed by atoms with Gasteiger partial charge in [-0.2, -0.15) is 12.6 Å². The molecule has 0 unspecified atom stereocenters. The summed E-state index contributed by atoms with van der Waals surface area (Å²) in [5.41, 5.74) is 20.7. The molecule has 2 aliphatic carbocycles. The normalized spacial score (nSPS) is 16.9. The highest BCUT2D eigenvalue weighted by atomic mass is 32.1. The minimum atomic E-state index is -1.14. The third kappa shape index (κ3) is 7.01. The average molecular weight is 618 g/mol. The summed E-state index contributed by atoms with van der Waals surface area (Å²) in [6.07, 6.45) is 12.7. The SMILES string of the molecule is CC(C)(C)C(=N)C(=Nc1c2c(c(N3CCCC3)c3c1CCCC3)CCCC2)C(N)=NC(=N)c1cc(N)cc(C(=O)O)c1.CS. The van der Waals surface area contributed by atoms with E-state index in [4.69, 9.17) is 27.3 Å². The number of anilines is 2. The molecule has 1 saturated heterocycles. The highest BCUT2D eigenvalue weighted by Crippen LogP contribution is 2.46. The Labute approximate surface area is 266 Å². The number of carboxylic acids is 1. The number of carboxylic acid groups (broad SMARTS) is 1. The predicted molar refractivity (Wildman–Crippen MR) is 187 cm³/mol. The number of carbonyl (C=O) groups is 1. The van der Waals surface area contributed by atoms with Crippen LogP contribution >= 0.6 is 12.6 Å². The van der Waals surface area contributed by atoms with Gasteiger partial charge in [-0.3, -0.25) is 5.41 Å². The topological polar surface area (TPSA) is 165 Å². The van der Waals surface area contributed by atoms with Crippen LogP contribution in [0.25, 0.3) is 0 Å². The maximum Gasteiger partial charge on any atom is 0.335 e. The molecule has 10 heteroatoms. The Kier molecular flexibility index (Phi) is 10.6. The summed E-state index contributed by atoms with van der Waals surface area (Å²) in [6.45, 7) is 8.05. The van der Waals surface area contributed by atoms with E-state index in [1.165, 1.54) is 71.8 Å². The minimum Gasteiger partial charge on any atom is -0.478 e. The molecule has 1 heterocycles. The molecule has 0 radical (unpaired) electrons. The number of amidine groups is 2. The summed E-state index contributed by atoms with van der Waals surface area (Å²) in [6, 6.07) is 4.20. The summed E-state index contributed by atoms with van der Waals surface area (Å²) in [7, 11) is 0. The number of hydrogen-bond acceptors (Lipinski definition) is 7. The lowest BCUT2D eigenvalue weighted by atomic mass is 9.79. The zero-order valence-corrected chi connectivity index (χ0v) is 27.4. The molecule has 3 aliphatic rings. The third-order valence-electron chi connectivity index (χ3n) is 8.66. The summed E-state index contributed by atoms with van der Waals surface area (Å²) in [4.78, 5) is 23.8. The molecule has 0 aromatic heterocycles. The standard InChI is InChI=1S/C33H43N7O2.CH4S/c1-33(2,3)29(35)27(31(37)39-30(36)19-16-20(32(41)42)18-21(34)17-19)38-26-22-10-4-6-12-24(22)28(40-14-8-9-15-40)25-13-7-5-11-23(25)26;1-2/h16-18,35H,4-15,34H2,1-3H3,(H,41,42)(H3,36,37,39);2H,1H3. The monoisotopic (exact) mass is 617 g/mol. The molecule has 1 aliphatic heterocycles. The van der Waals surface area contributed by atoms with Crippen LogP contribution in [-0.4, -0.2) is 53.5 Å². The largest absolute Gasteiger partial charge is 0.478 e. The van der Waals surface area contributed by atoms with E-state index in [1.807, 2.05) is 20.8 Å². The van der Waals surface area contributed by atoms with Crippen molar-refractivity contribution in [3.63, 3.8) is 0 Å². The molecule has 0 atom stereocenters. The Bertz CT molecular complexity index is 1480. The quantitative estimate of drug-likeness (QED) is 0.0955. The van der Waals surface area contributed by atoms with Crippen molar-refractivity contribution in [1.82, 2.24) is 0 Å². The lowest BCUT2D eigenvalue weighted by Crippen LogP contribution is -2.38. The van der Waals surface area contributed by atoms with Crippen molar-refractivity contribution in [2.24, 2.45) is 21.1 Å². The molecule has 7 N–H and O–H groups in total. The van der Waals surface area contributed by atoms with Crippen molar-refractivity contribution in [3.8, 4) is 0 Å². The number of fused-ring (bicyclic) bond motifs is 2. The van der Waals surface area contributed by atoms with Gasteiger partial charge in [-0.15, -0.1) is 0 Å². The van der Waals surface area contributed by atoms with E-state index in [1.54, 1.807) is 6.26 Å². The first-order chi connectivity index (χ1) is 21.0. The number of nitrogens with zero attached hydrogens (tertiary/aromatic N) is 3. The van der Waals surface area contributed by atoms with Crippen molar-refractivity contribution >= 4 is 58.8 Å². The fourth-order valence-electron chi connectivity index (χ4n) is 6.54. The molecule has 0 saturated carbocycles. The van der Waals surface area contributed by atoms with Gasteiger partial charge in [-0.25, -0.2) is 14.8 Å². The second-order valence-corrected chi connectivity index (χ2v) is 12.8. The van der Waals surface area contributed by atoms with E-state index >= 15 is 0 Å². The first-order valence-electron chi connectivity index (χ1n) is 15.6. The first kappa shape index (κ1) is 33.2. The second kappa shape index (κ2) is 14.0. The van der Waals surface area contributed by atoms with E-state index in [2.05, 4.69) is 22.5 Å². The summed E-state index contributed by atoms with van der Waals surface area (Å²) in [5.74, 6) is -1.40. The maximum atomic E-state index is 11.6. The molecular weight excluding hydrogens is 570 g/mol. The van der Waals surface area contributed by atoms with Crippen LogP contribution in [-0.2, 0) is 25.7 Å². The number of nitrogens with one attached hydrogen (secondary N) is 2. The van der Waals surface area contributed by atoms with Gasteiger partial charge in [-0.05, 0) is 111 Å². The van der Waals surface area contributed by atoms with Gasteiger partial charge >= 0.3 is 5.97 Å². The number of rotatable bonds is 6. The van der Waals surface area contributed by atoms with Gasteiger partial charge in [0, 0.05) is 35.4 Å². The molecule has 0 bridgehead atoms. The summed E-state index contributed by atoms with van der Waals surface area (Å²) < 4.78 is 0. The smallest absolute Gasteiger partial charge is 0.335 e. The van der Waals surface area contributed by atoms with Gasteiger partial charge < -0.3 is 26.9 Å². The van der Waals surface area contributed by atoms with Gasteiger partial charge in [0.2, 0.25) is 0 Å². The Balaban J connectivity index is 0.00000216. The van der Waals surface area contributed by atoms with Gasteiger partial charge in [0.05, 0.1) is 17.0 Å². The molecule has 0 amide bonds. The molecule has 2 aromatic carbocycles. The Hall–Kier alpha value is -3.66. The summed E-state index contributed by atoms with van der Waals surface area (Å²) in [5, 5.41) is 27.2. The highest BCUT2D eigenvalue weighted by molar-refractivity contribution is 7.79. The lowest BCUT2D eigenvalue weighted by Gasteiger charge is -2.34. The maximum absolute atomic E-state index is 11.6. The number of hydrogen-bond donors (Lipinski definition) is 6. The Morgan fingerprint density at radius 2 is 1.36 bits per heavy atom. The van der Waals surface area contributed by atoms with Crippen molar-refractivity contribution < 1.29 is 9.90 Å². The van der Waals surface area contributed by atoms with Crippen LogP contribution in [0, 0.1) is 16.2 Å². The van der Waals surface area contributed by atoms with Crippen LogP contribution in [0.3, 0.4) is 0 Å². The van der Waals surface area contributed by atoms with Crippen LogP contribution in [0.1, 0.15) is 97.5 Å². The predicted octanol–water partition coefficient (Wildman–Crippen LogP) is 6.39. The van der Waals surface area contributed by atoms with Crippen LogP contribution in [0.2, 0.25) is 0 Å². The third-order valence-corrected chi connectivity index (χ3v) is 8.66. The van der Waals surface area contributed by atoms with Gasteiger partial charge in [0.1, 0.15) is 5.71 Å². The van der Waals surface area contributed by atoms with E-state index in [9.17, 15) is 9.90 Å². The van der Waals surface area contributed by atoms with E-state index in [-0.39, 0.29) is 39.9 Å². The second-order valence-electron chi connectivity index (χ2n) is 12.8. The van der Waals surface area contributed by atoms with E-state index in [0.29, 0.717) is 0 Å². The Morgan fingerprint density at radius 1 is 0.864 bits per heavy atom. The number of nitrogen functional groups attached to an aromatic ring is 1. The van der Waals surface area contributed by atoms with Crippen LogP contribution in [0.5, 0.6) is 0 Å². The number of nitrogens with two attached hydrogens (primary N) is 2. The number of aliphatic imine (C=N–C) groups is 2. The van der Waals surface area contributed by atoms with Gasteiger partial charge in [0.25, 0.3) is 0 Å². The highest BCUT2D eigenvalue weighted by Gasteiger charge is 2.32.